The smallest absolute Gasteiger partial charge is 0.274 e. The fourth-order valence-corrected chi connectivity index (χ4v) is 4.94. The van der Waals surface area contributed by atoms with Crippen LogP contribution >= 0.6 is 11.6 Å². The second kappa shape index (κ2) is 10.6. The molecule has 0 atom stereocenters. The summed E-state index contributed by atoms with van der Waals surface area (Å²) in [7, 11) is 1.87. The van der Waals surface area contributed by atoms with Gasteiger partial charge in [0.15, 0.2) is 0 Å². The molecule has 0 radical (unpaired) electrons. The van der Waals surface area contributed by atoms with Gasteiger partial charge in [-0.05, 0) is 63.6 Å². The van der Waals surface area contributed by atoms with Crippen molar-refractivity contribution in [2.24, 2.45) is 0 Å². The molecule has 2 aromatic carbocycles. The number of benzene rings is 2. The number of nitrogens with zero attached hydrogens (tertiary/aromatic N) is 5. The molecule has 0 aliphatic carbocycles. The minimum Gasteiger partial charge on any atom is -0.369 e. The van der Waals surface area contributed by atoms with Crippen LogP contribution in [0.3, 0.4) is 0 Å². The molecule has 7 heteroatoms. The van der Waals surface area contributed by atoms with E-state index >= 15 is 0 Å². The fraction of sp³-hybridized carbons (Fsp3) is 0.407. The molecule has 1 amide bonds. The monoisotopic (exact) mass is 479 g/mol. The first-order chi connectivity index (χ1) is 16.4. The molecule has 1 aliphatic heterocycles. The number of aromatic nitrogens is 2. The number of carbonyl (C=O) groups excluding carboxylic acids is 1. The molecule has 0 unspecified atom stereocenters. The van der Waals surface area contributed by atoms with Crippen LogP contribution < -0.4 is 4.90 Å². The number of hydrogen-bond acceptors (Lipinski definition) is 4. The third-order valence-electron chi connectivity index (χ3n) is 6.76. The van der Waals surface area contributed by atoms with Crippen molar-refractivity contribution in [3.8, 4) is 5.69 Å². The van der Waals surface area contributed by atoms with Crippen molar-refractivity contribution in [3.05, 3.63) is 76.3 Å². The van der Waals surface area contributed by atoms with E-state index in [0.29, 0.717) is 12.2 Å². The van der Waals surface area contributed by atoms with Crippen LogP contribution in [0.5, 0.6) is 0 Å². The van der Waals surface area contributed by atoms with Gasteiger partial charge in [-0.15, -0.1) is 0 Å². The van der Waals surface area contributed by atoms with E-state index in [0.717, 1.165) is 66.9 Å². The summed E-state index contributed by atoms with van der Waals surface area (Å²) >= 11 is 6.31. The molecule has 0 saturated carbocycles. The summed E-state index contributed by atoms with van der Waals surface area (Å²) in [5.41, 5.74) is 4.83. The van der Waals surface area contributed by atoms with Crippen LogP contribution in [0.25, 0.3) is 5.69 Å². The Morgan fingerprint density at radius 2 is 1.71 bits per heavy atom. The SMILES string of the molecule is Cc1c(Cl)cccc1N1CCN(CCCN(C)C(=O)c2nc(C)n(-c3ccccc3)c2C)CC1. The molecule has 4 rings (SSSR count). The maximum absolute atomic E-state index is 13.1. The van der Waals surface area contributed by atoms with E-state index in [-0.39, 0.29) is 5.91 Å². The minimum absolute atomic E-state index is 0.0171. The van der Waals surface area contributed by atoms with Crippen molar-refractivity contribution in [1.82, 2.24) is 19.4 Å². The quantitative estimate of drug-likeness (QED) is 0.491. The lowest BCUT2D eigenvalue weighted by atomic mass is 10.1. The Balaban J connectivity index is 1.28. The molecule has 2 heterocycles. The second-order valence-corrected chi connectivity index (χ2v) is 9.46. The molecule has 6 nitrogen and oxygen atoms in total. The topological polar surface area (TPSA) is 44.6 Å². The van der Waals surface area contributed by atoms with Crippen LogP contribution in [0.15, 0.2) is 48.5 Å². The maximum Gasteiger partial charge on any atom is 0.274 e. The highest BCUT2D eigenvalue weighted by atomic mass is 35.5. The van der Waals surface area contributed by atoms with Gasteiger partial charge in [0.25, 0.3) is 5.91 Å². The van der Waals surface area contributed by atoms with E-state index in [1.807, 2.05) is 67.9 Å². The number of para-hydroxylation sites is 1. The summed E-state index contributed by atoms with van der Waals surface area (Å²) < 4.78 is 2.04. The molecule has 0 bridgehead atoms. The Bertz CT molecular complexity index is 1140. The summed E-state index contributed by atoms with van der Waals surface area (Å²) in [5, 5.41) is 0.826. The van der Waals surface area contributed by atoms with E-state index in [2.05, 4.69) is 27.8 Å². The van der Waals surface area contributed by atoms with Crippen molar-refractivity contribution in [1.29, 1.82) is 0 Å². The van der Waals surface area contributed by atoms with Crippen LogP contribution in [0.2, 0.25) is 5.02 Å². The Labute approximate surface area is 207 Å². The van der Waals surface area contributed by atoms with Gasteiger partial charge in [0.2, 0.25) is 0 Å². The zero-order valence-corrected chi connectivity index (χ0v) is 21.3. The number of carbonyl (C=O) groups is 1. The van der Waals surface area contributed by atoms with Crippen LogP contribution in [0, 0.1) is 20.8 Å². The predicted octanol–water partition coefficient (Wildman–Crippen LogP) is 4.74. The van der Waals surface area contributed by atoms with Gasteiger partial charge in [-0.3, -0.25) is 9.69 Å². The molecule has 1 aromatic heterocycles. The van der Waals surface area contributed by atoms with Gasteiger partial charge >= 0.3 is 0 Å². The van der Waals surface area contributed by atoms with Crippen molar-refractivity contribution in [2.75, 3.05) is 51.2 Å². The molecule has 1 fully saturated rings. The van der Waals surface area contributed by atoms with Gasteiger partial charge < -0.3 is 14.4 Å². The number of rotatable bonds is 7. The lowest BCUT2D eigenvalue weighted by molar-refractivity contribution is 0.0782. The van der Waals surface area contributed by atoms with Gasteiger partial charge in [0.05, 0.1) is 5.69 Å². The Morgan fingerprint density at radius 1 is 1.00 bits per heavy atom. The number of amides is 1. The number of aryl methyl sites for hydroxylation is 1. The molecule has 3 aromatic rings. The van der Waals surface area contributed by atoms with Crippen LogP contribution in [-0.4, -0.2) is 71.6 Å². The van der Waals surface area contributed by atoms with E-state index in [9.17, 15) is 4.79 Å². The van der Waals surface area contributed by atoms with E-state index < -0.39 is 0 Å². The predicted molar refractivity (Wildman–Crippen MR) is 139 cm³/mol. The number of piperazine rings is 1. The molecular weight excluding hydrogens is 446 g/mol. The normalized spacial score (nSPS) is 14.4. The summed E-state index contributed by atoms with van der Waals surface area (Å²) in [6.07, 6.45) is 0.940. The molecule has 1 aliphatic rings. The van der Waals surface area contributed by atoms with Gasteiger partial charge in [0, 0.05) is 56.2 Å². The zero-order chi connectivity index (χ0) is 24.2. The fourth-order valence-electron chi connectivity index (χ4n) is 4.77. The zero-order valence-electron chi connectivity index (χ0n) is 20.6. The first-order valence-electron chi connectivity index (χ1n) is 12.0. The highest BCUT2D eigenvalue weighted by Gasteiger charge is 2.22. The summed E-state index contributed by atoms with van der Waals surface area (Å²) in [5.74, 6) is 0.810. The number of halogens is 1. The molecule has 0 spiro atoms. The van der Waals surface area contributed by atoms with E-state index in [4.69, 9.17) is 11.6 Å². The second-order valence-electron chi connectivity index (χ2n) is 9.06. The van der Waals surface area contributed by atoms with Crippen molar-refractivity contribution >= 4 is 23.2 Å². The largest absolute Gasteiger partial charge is 0.369 e. The summed E-state index contributed by atoms with van der Waals surface area (Å²) in [4.78, 5) is 24.4. The van der Waals surface area contributed by atoms with Crippen molar-refractivity contribution in [2.45, 2.75) is 27.2 Å². The van der Waals surface area contributed by atoms with E-state index in [1.165, 1.54) is 5.69 Å². The highest BCUT2D eigenvalue weighted by Crippen LogP contribution is 2.27. The highest BCUT2D eigenvalue weighted by molar-refractivity contribution is 6.31. The first kappa shape index (κ1) is 24.3. The Morgan fingerprint density at radius 3 is 2.41 bits per heavy atom. The molecule has 1 saturated heterocycles. The molecule has 34 heavy (non-hydrogen) atoms. The Kier molecular flexibility index (Phi) is 7.59. The average molecular weight is 480 g/mol. The number of hydrogen-bond donors (Lipinski definition) is 0. The van der Waals surface area contributed by atoms with Crippen LogP contribution in [-0.2, 0) is 0 Å². The van der Waals surface area contributed by atoms with Crippen LogP contribution in [0.1, 0.15) is 34.0 Å². The standard InChI is InChI=1S/C27H34ClN5O/c1-20-24(28)12-8-13-25(20)32-18-16-31(17-19-32)15-9-14-30(4)27(34)26-21(2)33(22(3)29-26)23-10-6-5-7-11-23/h5-8,10-13H,9,14-19H2,1-4H3. The van der Waals surface area contributed by atoms with Gasteiger partial charge in [-0.2, -0.15) is 0 Å². The summed E-state index contributed by atoms with van der Waals surface area (Å²) in [6, 6.07) is 16.2. The third-order valence-corrected chi connectivity index (χ3v) is 7.17. The molecule has 0 N–H and O–H groups in total. The minimum atomic E-state index is -0.0171. The van der Waals surface area contributed by atoms with E-state index in [1.54, 1.807) is 4.90 Å². The van der Waals surface area contributed by atoms with Crippen molar-refractivity contribution in [3.63, 3.8) is 0 Å². The molecule has 180 valence electrons. The molecular formula is C27H34ClN5O. The number of anilines is 1. The van der Waals surface area contributed by atoms with Gasteiger partial charge in [0.1, 0.15) is 11.5 Å². The number of imidazole rings is 1. The maximum atomic E-state index is 13.1. The van der Waals surface area contributed by atoms with Crippen LogP contribution in [0.4, 0.5) is 5.69 Å². The summed E-state index contributed by atoms with van der Waals surface area (Å²) in [6.45, 7) is 11.7. The third kappa shape index (κ3) is 5.13. The first-order valence-corrected chi connectivity index (χ1v) is 12.3. The Hall–Kier alpha value is -2.83. The van der Waals surface area contributed by atoms with Crippen molar-refractivity contribution < 1.29 is 4.79 Å². The van der Waals surface area contributed by atoms with Gasteiger partial charge in [-0.25, -0.2) is 4.98 Å². The lowest BCUT2D eigenvalue weighted by Crippen LogP contribution is -2.47. The average Bonchev–Trinajstić information content (AvgIpc) is 3.15. The van der Waals surface area contributed by atoms with Gasteiger partial charge in [-0.1, -0.05) is 35.9 Å². The lowest BCUT2D eigenvalue weighted by Gasteiger charge is -2.37.